The Morgan fingerprint density at radius 3 is 2.41 bits per heavy atom. The molecular weight excluding hydrogens is 432 g/mol. The van der Waals surface area contributed by atoms with Crippen molar-refractivity contribution in [2.75, 3.05) is 11.9 Å². The normalized spacial score (nSPS) is 11.7. The molecule has 0 saturated heterocycles. The molecule has 0 spiro atoms. The van der Waals surface area contributed by atoms with Gasteiger partial charge in [0.05, 0.1) is 21.8 Å². The second-order valence-corrected chi connectivity index (χ2v) is 7.09. The molecule has 10 heteroatoms. The number of carbonyl (C=O) groups is 1. The lowest BCUT2D eigenvalue weighted by Gasteiger charge is -2.21. The van der Waals surface area contributed by atoms with E-state index in [1.165, 1.54) is 31.3 Å². The third-order valence-electron chi connectivity index (χ3n) is 4.48. The van der Waals surface area contributed by atoms with E-state index >= 15 is 0 Å². The minimum absolute atomic E-state index is 0.116. The summed E-state index contributed by atoms with van der Waals surface area (Å²) >= 11 is 11.9. The number of fused-ring (bicyclic) bond motifs is 1. The Bertz CT molecular complexity index is 1210. The Kier molecular flexibility index (Phi) is 5.27. The van der Waals surface area contributed by atoms with Crippen molar-refractivity contribution in [3.63, 3.8) is 0 Å². The molecular formula is C19H13Cl2F3N2O3. The molecule has 3 aromatic rings. The van der Waals surface area contributed by atoms with E-state index in [-0.39, 0.29) is 16.1 Å². The van der Waals surface area contributed by atoms with Crippen LogP contribution in [0, 0.1) is 0 Å². The molecule has 0 radical (unpaired) electrons. The molecule has 1 amide bonds. The molecule has 2 aromatic carbocycles. The predicted molar refractivity (Wildman–Crippen MR) is 105 cm³/mol. The summed E-state index contributed by atoms with van der Waals surface area (Å²) < 4.78 is 40.7. The molecule has 0 aliphatic rings. The van der Waals surface area contributed by atoms with Gasteiger partial charge < -0.3 is 14.6 Å². The number of halogens is 5. The van der Waals surface area contributed by atoms with Crippen LogP contribution in [0.1, 0.15) is 15.9 Å². The van der Waals surface area contributed by atoms with Crippen LogP contribution in [0.15, 0.2) is 41.2 Å². The number of amides is 1. The average Bonchev–Trinajstić information content (AvgIpc) is 2.64. The highest BCUT2D eigenvalue weighted by Crippen LogP contribution is 2.38. The quantitative estimate of drug-likeness (QED) is 0.614. The fraction of sp³-hybridized carbons (Fsp3) is 0.158. The monoisotopic (exact) mass is 444 g/mol. The van der Waals surface area contributed by atoms with E-state index in [0.717, 1.165) is 24.1 Å². The van der Waals surface area contributed by atoms with Crippen molar-refractivity contribution in [3.8, 4) is 5.75 Å². The van der Waals surface area contributed by atoms with E-state index in [2.05, 4.69) is 0 Å². The number of alkyl halides is 3. The van der Waals surface area contributed by atoms with Gasteiger partial charge in [0.2, 0.25) is 0 Å². The molecule has 3 rings (SSSR count). The molecule has 0 unspecified atom stereocenters. The smallest absolute Gasteiger partial charge is 0.418 e. The fourth-order valence-electron chi connectivity index (χ4n) is 3.05. The predicted octanol–water partition coefficient (Wildman–Crippen LogP) is 4.85. The van der Waals surface area contributed by atoms with Crippen LogP contribution in [0.2, 0.25) is 10.0 Å². The molecule has 0 aliphatic heterocycles. The SMILES string of the molecule is CN(C(=O)c1c(O)c2cccc(C(F)(F)F)c2n(C)c1=O)c1ccc(Cl)cc1Cl. The maximum absolute atomic E-state index is 13.3. The van der Waals surface area contributed by atoms with Gasteiger partial charge in [-0.1, -0.05) is 29.3 Å². The van der Waals surface area contributed by atoms with Gasteiger partial charge >= 0.3 is 6.18 Å². The number of aromatic hydroxyl groups is 1. The summed E-state index contributed by atoms with van der Waals surface area (Å²) in [6.07, 6.45) is -4.75. The first-order valence-electron chi connectivity index (χ1n) is 8.10. The highest BCUT2D eigenvalue weighted by Gasteiger charge is 2.35. The Morgan fingerprint density at radius 2 is 1.83 bits per heavy atom. The van der Waals surface area contributed by atoms with Crippen LogP contribution in [0.3, 0.4) is 0 Å². The van der Waals surface area contributed by atoms with Crippen LogP contribution in [0.25, 0.3) is 10.9 Å². The lowest BCUT2D eigenvalue weighted by atomic mass is 10.0. The van der Waals surface area contributed by atoms with E-state index in [1.807, 2.05) is 0 Å². The highest BCUT2D eigenvalue weighted by atomic mass is 35.5. The molecule has 1 N–H and O–H groups in total. The summed E-state index contributed by atoms with van der Waals surface area (Å²) in [6.45, 7) is 0. The Balaban J connectivity index is 2.26. The van der Waals surface area contributed by atoms with Gasteiger partial charge in [-0.25, -0.2) is 0 Å². The molecule has 152 valence electrons. The van der Waals surface area contributed by atoms with Crippen LogP contribution in [-0.4, -0.2) is 22.6 Å². The van der Waals surface area contributed by atoms with E-state index in [0.29, 0.717) is 9.59 Å². The minimum Gasteiger partial charge on any atom is -0.506 e. The zero-order chi connectivity index (χ0) is 21.7. The van der Waals surface area contributed by atoms with Crippen molar-refractivity contribution in [3.05, 3.63) is 67.9 Å². The number of benzene rings is 2. The molecule has 1 heterocycles. The van der Waals surface area contributed by atoms with Gasteiger partial charge in [-0.3, -0.25) is 9.59 Å². The van der Waals surface area contributed by atoms with Gasteiger partial charge in [-0.2, -0.15) is 13.2 Å². The number of pyridine rings is 1. The summed E-state index contributed by atoms with van der Waals surface area (Å²) in [5.41, 5.74) is -3.17. The van der Waals surface area contributed by atoms with E-state index < -0.39 is 40.0 Å². The number of para-hydroxylation sites is 1. The van der Waals surface area contributed by atoms with E-state index in [1.54, 1.807) is 0 Å². The van der Waals surface area contributed by atoms with Gasteiger partial charge in [0.25, 0.3) is 11.5 Å². The molecule has 1 aromatic heterocycles. The first-order chi connectivity index (χ1) is 13.4. The number of hydrogen-bond donors (Lipinski definition) is 1. The van der Waals surface area contributed by atoms with Crippen LogP contribution in [-0.2, 0) is 13.2 Å². The Hall–Kier alpha value is -2.71. The number of carbonyl (C=O) groups excluding carboxylic acids is 1. The van der Waals surface area contributed by atoms with Crippen LogP contribution in [0.5, 0.6) is 5.75 Å². The number of hydrogen-bond acceptors (Lipinski definition) is 3. The summed E-state index contributed by atoms with van der Waals surface area (Å²) in [4.78, 5) is 26.7. The highest BCUT2D eigenvalue weighted by molar-refractivity contribution is 6.37. The summed E-state index contributed by atoms with van der Waals surface area (Å²) in [5.74, 6) is -1.78. The van der Waals surface area contributed by atoms with Crippen molar-refractivity contribution in [1.29, 1.82) is 0 Å². The summed E-state index contributed by atoms with van der Waals surface area (Å²) in [6, 6.07) is 7.38. The van der Waals surface area contributed by atoms with Crippen molar-refractivity contribution >= 4 is 45.7 Å². The number of nitrogens with zero attached hydrogens (tertiary/aromatic N) is 2. The molecule has 0 saturated carbocycles. The zero-order valence-corrected chi connectivity index (χ0v) is 16.5. The van der Waals surface area contributed by atoms with E-state index in [4.69, 9.17) is 23.2 Å². The fourth-order valence-corrected chi connectivity index (χ4v) is 3.59. The van der Waals surface area contributed by atoms with Crippen LogP contribution >= 0.6 is 23.2 Å². The average molecular weight is 445 g/mol. The van der Waals surface area contributed by atoms with Gasteiger partial charge in [-0.05, 0) is 30.3 Å². The summed E-state index contributed by atoms with van der Waals surface area (Å²) in [7, 11) is 2.41. The third-order valence-corrected chi connectivity index (χ3v) is 5.01. The van der Waals surface area contributed by atoms with Gasteiger partial charge in [0, 0.05) is 24.5 Å². The van der Waals surface area contributed by atoms with Gasteiger partial charge in [0.15, 0.2) is 0 Å². The van der Waals surface area contributed by atoms with Crippen LogP contribution in [0.4, 0.5) is 18.9 Å². The van der Waals surface area contributed by atoms with Crippen LogP contribution < -0.4 is 10.5 Å². The number of aryl methyl sites for hydroxylation is 1. The minimum atomic E-state index is -4.75. The lowest BCUT2D eigenvalue weighted by Crippen LogP contribution is -2.34. The Morgan fingerprint density at radius 1 is 1.17 bits per heavy atom. The van der Waals surface area contributed by atoms with Crippen molar-refractivity contribution < 1.29 is 23.1 Å². The lowest BCUT2D eigenvalue weighted by molar-refractivity contribution is -0.136. The molecule has 0 fully saturated rings. The van der Waals surface area contributed by atoms with Crippen molar-refractivity contribution in [2.45, 2.75) is 6.18 Å². The number of anilines is 1. The maximum atomic E-state index is 13.3. The maximum Gasteiger partial charge on any atom is 0.418 e. The second-order valence-electron chi connectivity index (χ2n) is 6.25. The molecule has 0 atom stereocenters. The molecule has 29 heavy (non-hydrogen) atoms. The van der Waals surface area contributed by atoms with E-state index in [9.17, 15) is 27.9 Å². The van der Waals surface area contributed by atoms with Crippen molar-refractivity contribution in [1.82, 2.24) is 4.57 Å². The molecule has 5 nitrogen and oxygen atoms in total. The first-order valence-corrected chi connectivity index (χ1v) is 8.85. The third kappa shape index (κ3) is 3.54. The van der Waals surface area contributed by atoms with Crippen molar-refractivity contribution in [2.24, 2.45) is 7.05 Å². The number of aromatic nitrogens is 1. The standard InChI is InChI=1S/C19H13Cl2F3N2O3/c1-25(13-7-6-9(20)8-12(13)21)17(28)14-16(27)10-4-3-5-11(19(22,23)24)15(10)26(2)18(14)29/h3-8,27H,1-2H3. The zero-order valence-electron chi connectivity index (χ0n) is 15.0. The molecule has 0 aliphatic carbocycles. The summed E-state index contributed by atoms with van der Waals surface area (Å²) in [5, 5.41) is 10.7. The number of rotatable bonds is 2. The van der Waals surface area contributed by atoms with Gasteiger partial charge in [0.1, 0.15) is 11.3 Å². The topological polar surface area (TPSA) is 62.5 Å². The largest absolute Gasteiger partial charge is 0.506 e. The van der Waals surface area contributed by atoms with Gasteiger partial charge in [-0.15, -0.1) is 0 Å². The molecule has 0 bridgehead atoms. The Labute approximate surface area is 172 Å². The first kappa shape index (κ1) is 21.0. The second kappa shape index (κ2) is 7.27.